The Morgan fingerprint density at radius 1 is 1.11 bits per heavy atom. The van der Waals surface area contributed by atoms with Crippen LogP contribution in [0.15, 0.2) is 18.2 Å². The van der Waals surface area contributed by atoms with Crippen molar-refractivity contribution in [3.05, 3.63) is 23.8 Å². The molecule has 3 aliphatic rings. The van der Waals surface area contributed by atoms with Crippen LogP contribution in [0.4, 0.5) is 0 Å². The van der Waals surface area contributed by atoms with Crippen molar-refractivity contribution in [3.63, 3.8) is 0 Å². The summed E-state index contributed by atoms with van der Waals surface area (Å²) >= 11 is 0. The highest BCUT2D eigenvalue weighted by molar-refractivity contribution is 6.06. The second kappa shape index (κ2) is 7.15. The Morgan fingerprint density at radius 3 is 2.59 bits per heavy atom. The monoisotopic (exact) mass is 372 g/mol. The summed E-state index contributed by atoms with van der Waals surface area (Å²) < 4.78 is 10.9. The number of nitrogens with zero attached hydrogens (tertiary/aromatic N) is 2. The maximum absolute atomic E-state index is 13.0. The molecular weight excluding hydrogens is 344 g/mol. The van der Waals surface area contributed by atoms with Crippen LogP contribution in [0.1, 0.15) is 56.6 Å². The standard InChI is InChI=1S/C21H28N2O4/c1-26-15-7-8-16(18(12-15)27-2)17-6-5-11-22(17)14-23-19(24)13-21(20(23)25)9-3-4-10-21/h7-8,12,17H,3-6,9-11,13-14H2,1-2H3. The van der Waals surface area contributed by atoms with E-state index in [0.717, 1.165) is 62.1 Å². The molecule has 2 saturated heterocycles. The molecule has 0 radical (unpaired) electrons. The minimum atomic E-state index is -0.399. The first kappa shape index (κ1) is 18.3. The maximum atomic E-state index is 13.0. The normalized spacial score (nSPS) is 25.0. The molecule has 2 aliphatic heterocycles. The predicted molar refractivity (Wildman–Crippen MR) is 100 cm³/mol. The fraction of sp³-hybridized carbons (Fsp3) is 0.619. The largest absolute Gasteiger partial charge is 0.497 e. The zero-order valence-corrected chi connectivity index (χ0v) is 16.2. The Morgan fingerprint density at radius 2 is 1.89 bits per heavy atom. The van der Waals surface area contributed by atoms with E-state index in [1.54, 1.807) is 14.2 Å². The van der Waals surface area contributed by atoms with Crippen LogP contribution in [0.25, 0.3) is 0 Å². The van der Waals surface area contributed by atoms with Gasteiger partial charge in [-0.2, -0.15) is 0 Å². The second-order valence-electron chi connectivity index (χ2n) is 8.01. The van der Waals surface area contributed by atoms with Gasteiger partial charge >= 0.3 is 0 Å². The quantitative estimate of drug-likeness (QED) is 0.744. The van der Waals surface area contributed by atoms with E-state index in [2.05, 4.69) is 4.90 Å². The summed E-state index contributed by atoms with van der Waals surface area (Å²) in [7, 11) is 3.30. The third kappa shape index (κ3) is 3.10. The van der Waals surface area contributed by atoms with E-state index >= 15 is 0 Å². The van der Waals surface area contributed by atoms with Gasteiger partial charge < -0.3 is 9.47 Å². The zero-order valence-electron chi connectivity index (χ0n) is 16.2. The van der Waals surface area contributed by atoms with E-state index in [4.69, 9.17) is 9.47 Å². The summed E-state index contributed by atoms with van der Waals surface area (Å²) in [6.45, 7) is 1.27. The Kier molecular flexibility index (Phi) is 4.84. The Bertz CT molecular complexity index is 742. The van der Waals surface area contributed by atoms with Crippen LogP contribution in [0, 0.1) is 5.41 Å². The molecular formula is C21H28N2O4. The highest BCUT2D eigenvalue weighted by Crippen LogP contribution is 2.47. The molecule has 2 heterocycles. The Labute approximate surface area is 160 Å². The van der Waals surface area contributed by atoms with Gasteiger partial charge in [-0.05, 0) is 31.7 Å². The van der Waals surface area contributed by atoms with Crippen molar-refractivity contribution in [2.75, 3.05) is 27.4 Å². The first-order valence-corrected chi connectivity index (χ1v) is 9.89. The number of imide groups is 1. The summed E-state index contributed by atoms with van der Waals surface area (Å²) in [5, 5.41) is 0. The Hall–Kier alpha value is -2.08. The molecule has 27 heavy (non-hydrogen) atoms. The number of likely N-dealkylation sites (tertiary alicyclic amines) is 2. The third-order valence-corrected chi connectivity index (χ3v) is 6.54. The van der Waals surface area contributed by atoms with Crippen LogP contribution in [0.5, 0.6) is 11.5 Å². The molecule has 0 N–H and O–H groups in total. The van der Waals surface area contributed by atoms with Gasteiger partial charge in [0.25, 0.3) is 0 Å². The molecule has 1 atom stereocenters. The summed E-state index contributed by atoms with van der Waals surface area (Å²) in [4.78, 5) is 29.4. The fourth-order valence-corrected chi connectivity index (χ4v) is 5.07. The van der Waals surface area contributed by atoms with Gasteiger partial charge in [-0.25, -0.2) is 0 Å². The number of carbonyl (C=O) groups excluding carboxylic acids is 2. The lowest BCUT2D eigenvalue weighted by molar-refractivity contribution is -0.144. The summed E-state index contributed by atoms with van der Waals surface area (Å²) in [6.07, 6.45) is 6.28. The first-order valence-electron chi connectivity index (χ1n) is 9.89. The molecule has 0 aromatic heterocycles. The molecule has 2 amide bonds. The van der Waals surface area contributed by atoms with Gasteiger partial charge in [0.2, 0.25) is 11.8 Å². The predicted octanol–water partition coefficient (Wildman–Crippen LogP) is 3.12. The van der Waals surface area contributed by atoms with Gasteiger partial charge in [0.15, 0.2) is 0 Å². The van der Waals surface area contributed by atoms with Gasteiger partial charge in [0.1, 0.15) is 11.5 Å². The van der Waals surface area contributed by atoms with Gasteiger partial charge in [-0.1, -0.05) is 18.9 Å². The van der Waals surface area contributed by atoms with Gasteiger partial charge in [-0.15, -0.1) is 0 Å². The summed E-state index contributed by atoms with van der Waals surface area (Å²) in [6, 6.07) is 6.01. The molecule has 1 aromatic rings. The third-order valence-electron chi connectivity index (χ3n) is 6.54. The van der Waals surface area contributed by atoms with E-state index in [0.29, 0.717) is 13.1 Å². The number of carbonyl (C=O) groups is 2. The van der Waals surface area contributed by atoms with E-state index in [9.17, 15) is 9.59 Å². The van der Waals surface area contributed by atoms with Gasteiger partial charge in [0.05, 0.1) is 26.3 Å². The van der Waals surface area contributed by atoms with Crippen LogP contribution >= 0.6 is 0 Å². The average Bonchev–Trinajstić information content (AvgIpc) is 3.39. The summed E-state index contributed by atoms with van der Waals surface area (Å²) in [5.74, 6) is 1.59. The molecule has 6 nitrogen and oxygen atoms in total. The van der Waals surface area contributed by atoms with Crippen molar-refractivity contribution in [2.45, 2.75) is 51.0 Å². The number of amides is 2. The van der Waals surface area contributed by atoms with Crippen LogP contribution in [-0.4, -0.2) is 49.0 Å². The van der Waals surface area contributed by atoms with E-state index in [1.165, 1.54) is 4.90 Å². The SMILES string of the molecule is COc1ccc(C2CCCN2CN2C(=O)CC3(CCCC3)C2=O)c(OC)c1. The van der Waals surface area contributed by atoms with Crippen molar-refractivity contribution in [2.24, 2.45) is 5.41 Å². The fourth-order valence-electron chi connectivity index (χ4n) is 5.07. The maximum Gasteiger partial charge on any atom is 0.237 e. The van der Waals surface area contributed by atoms with Crippen LogP contribution in [-0.2, 0) is 9.59 Å². The highest BCUT2D eigenvalue weighted by Gasteiger charge is 2.53. The topological polar surface area (TPSA) is 59.1 Å². The first-order chi connectivity index (χ1) is 13.1. The van der Waals surface area contributed by atoms with Gasteiger partial charge in [-0.3, -0.25) is 19.4 Å². The number of hydrogen-bond donors (Lipinski definition) is 0. The number of methoxy groups -OCH3 is 2. The highest BCUT2D eigenvalue weighted by atomic mass is 16.5. The Balaban J connectivity index is 1.54. The van der Waals surface area contributed by atoms with Crippen LogP contribution in [0.3, 0.4) is 0 Å². The molecule has 1 unspecified atom stereocenters. The summed E-state index contributed by atoms with van der Waals surface area (Å²) in [5.41, 5.74) is 0.690. The number of hydrogen-bond acceptors (Lipinski definition) is 5. The molecule has 1 spiro atoms. The van der Waals surface area contributed by atoms with Crippen LogP contribution in [0.2, 0.25) is 0 Å². The molecule has 1 aromatic carbocycles. The van der Waals surface area contributed by atoms with Crippen LogP contribution < -0.4 is 9.47 Å². The van der Waals surface area contributed by atoms with Crippen molar-refractivity contribution in [1.82, 2.24) is 9.80 Å². The molecule has 4 rings (SSSR count). The number of rotatable bonds is 5. The molecule has 0 bridgehead atoms. The smallest absolute Gasteiger partial charge is 0.237 e. The molecule has 1 saturated carbocycles. The minimum absolute atomic E-state index is 0.00533. The molecule has 3 fully saturated rings. The lowest BCUT2D eigenvalue weighted by Crippen LogP contribution is -2.42. The zero-order chi connectivity index (χ0) is 19.0. The molecule has 146 valence electrons. The molecule has 6 heteroatoms. The average molecular weight is 372 g/mol. The van der Waals surface area contributed by atoms with E-state index in [-0.39, 0.29) is 17.9 Å². The lowest BCUT2D eigenvalue weighted by atomic mass is 9.85. The van der Waals surface area contributed by atoms with Crippen molar-refractivity contribution < 1.29 is 19.1 Å². The van der Waals surface area contributed by atoms with E-state index in [1.807, 2.05) is 18.2 Å². The number of benzene rings is 1. The minimum Gasteiger partial charge on any atom is -0.497 e. The molecule has 1 aliphatic carbocycles. The lowest BCUT2D eigenvalue weighted by Gasteiger charge is -2.30. The van der Waals surface area contributed by atoms with Gasteiger partial charge in [0, 0.05) is 30.6 Å². The van der Waals surface area contributed by atoms with Crippen molar-refractivity contribution in [3.8, 4) is 11.5 Å². The van der Waals surface area contributed by atoms with Crippen molar-refractivity contribution >= 4 is 11.8 Å². The second-order valence-corrected chi connectivity index (χ2v) is 8.01. The van der Waals surface area contributed by atoms with Crippen molar-refractivity contribution in [1.29, 1.82) is 0 Å². The van der Waals surface area contributed by atoms with E-state index < -0.39 is 5.41 Å². The number of ether oxygens (including phenoxy) is 2.